The molecule has 0 spiro atoms. The van der Waals surface area contributed by atoms with Crippen molar-refractivity contribution in [3.05, 3.63) is 65.2 Å². The molecule has 2 aromatic rings. The largest absolute Gasteiger partial charge is 0.385 e. The van der Waals surface area contributed by atoms with Crippen LogP contribution in [0.5, 0.6) is 0 Å². The van der Waals surface area contributed by atoms with Crippen molar-refractivity contribution >= 4 is 5.69 Å². The number of aryl methyl sites for hydroxylation is 1. The second kappa shape index (κ2) is 8.73. The first kappa shape index (κ1) is 17.6. The molecule has 0 radical (unpaired) electrons. The van der Waals surface area contributed by atoms with E-state index < -0.39 is 0 Å². The summed E-state index contributed by atoms with van der Waals surface area (Å²) >= 11 is 0. The second-order valence-electron chi connectivity index (χ2n) is 6.24. The maximum Gasteiger partial charge on any atom is 0.0373 e. The van der Waals surface area contributed by atoms with Crippen molar-refractivity contribution in [2.75, 3.05) is 18.4 Å². The van der Waals surface area contributed by atoms with Crippen LogP contribution in [0, 0.1) is 6.92 Å². The highest BCUT2D eigenvalue weighted by Crippen LogP contribution is 2.26. The molecule has 124 valence electrons. The Kier molecular flexibility index (Phi) is 6.66. The molecule has 2 rings (SSSR count). The van der Waals surface area contributed by atoms with Crippen molar-refractivity contribution in [2.24, 2.45) is 0 Å². The Balaban J connectivity index is 2.19. The van der Waals surface area contributed by atoms with E-state index in [-0.39, 0.29) is 0 Å². The van der Waals surface area contributed by atoms with Gasteiger partial charge in [0.2, 0.25) is 0 Å². The minimum Gasteiger partial charge on any atom is -0.385 e. The predicted molar refractivity (Wildman–Crippen MR) is 101 cm³/mol. The first-order chi connectivity index (χ1) is 11.2. The third-order valence-electron chi connectivity index (χ3n) is 4.40. The molecule has 0 amide bonds. The van der Waals surface area contributed by atoms with Crippen LogP contribution < -0.4 is 5.32 Å². The molecular weight excluding hydrogens is 280 g/mol. The maximum atomic E-state index is 3.47. The predicted octanol–water partition coefficient (Wildman–Crippen LogP) is 5.40. The van der Waals surface area contributed by atoms with Gasteiger partial charge in [-0.05, 0) is 56.5 Å². The van der Waals surface area contributed by atoms with Gasteiger partial charge in [-0.3, -0.25) is 4.90 Å². The number of nitrogens with one attached hydrogen (secondary N) is 1. The summed E-state index contributed by atoms with van der Waals surface area (Å²) in [6.45, 7) is 12.0. The number of benzene rings is 2. The average Bonchev–Trinajstić information content (AvgIpc) is 2.57. The Hall–Kier alpha value is -1.80. The highest BCUT2D eigenvalue weighted by molar-refractivity contribution is 5.53. The fourth-order valence-corrected chi connectivity index (χ4v) is 3.01. The van der Waals surface area contributed by atoms with Crippen LogP contribution in [-0.4, -0.2) is 18.0 Å². The number of hydrogen-bond donors (Lipinski definition) is 1. The lowest BCUT2D eigenvalue weighted by Crippen LogP contribution is -2.27. The summed E-state index contributed by atoms with van der Waals surface area (Å²) in [6.07, 6.45) is 1.17. The van der Waals surface area contributed by atoms with Gasteiger partial charge in [0.15, 0.2) is 0 Å². The number of rotatable bonds is 8. The van der Waals surface area contributed by atoms with E-state index in [0.29, 0.717) is 6.04 Å². The molecule has 2 heteroatoms. The van der Waals surface area contributed by atoms with Gasteiger partial charge < -0.3 is 5.32 Å². The van der Waals surface area contributed by atoms with Gasteiger partial charge >= 0.3 is 0 Å². The van der Waals surface area contributed by atoms with Gasteiger partial charge in [0.25, 0.3) is 0 Å². The highest BCUT2D eigenvalue weighted by atomic mass is 15.1. The Labute approximate surface area is 141 Å². The Morgan fingerprint density at radius 2 is 1.78 bits per heavy atom. The molecule has 1 N–H and O–H groups in total. The van der Waals surface area contributed by atoms with E-state index in [0.717, 1.165) is 19.6 Å². The highest BCUT2D eigenvalue weighted by Gasteiger charge is 2.16. The van der Waals surface area contributed by atoms with Crippen LogP contribution in [0.25, 0.3) is 0 Å². The van der Waals surface area contributed by atoms with E-state index in [1.54, 1.807) is 0 Å². The quantitative estimate of drug-likeness (QED) is 0.702. The van der Waals surface area contributed by atoms with E-state index in [9.17, 15) is 0 Å². The molecule has 0 aliphatic heterocycles. The molecule has 23 heavy (non-hydrogen) atoms. The maximum absolute atomic E-state index is 3.47. The lowest BCUT2D eigenvalue weighted by molar-refractivity contribution is 0.202. The fourth-order valence-electron chi connectivity index (χ4n) is 3.01. The van der Waals surface area contributed by atoms with Crippen LogP contribution in [0.1, 0.15) is 49.9 Å². The molecule has 2 nitrogen and oxygen atoms in total. The van der Waals surface area contributed by atoms with Gasteiger partial charge in [-0.1, -0.05) is 49.4 Å². The summed E-state index contributed by atoms with van der Waals surface area (Å²) in [4.78, 5) is 2.57. The average molecular weight is 310 g/mol. The van der Waals surface area contributed by atoms with Crippen LogP contribution in [0.4, 0.5) is 5.69 Å². The molecule has 1 unspecified atom stereocenters. The molecule has 0 fully saturated rings. The van der Waals surface area contributed by atoms with Crippen LogP contribution in [0.15, 0.2) is 48.5 Å². The van der Waals surface area contributed by atoms with E-state index in [2.05, 4.69) is 86.4 Å². The van der Waals surface area contributed by atoms with Crippen molar-refractivity contribution in [3.63, 3.8) is 0 Å². The van der Waals surface area contributed by atoms with Crippen molar-refractivity contribution < 1.29 is 0 Å². The molecule has 2 aromatic carbocycles. The molecule has 0 aliphatic carbocycles. The van der Waals surface area contributed by atoms with Gasteiger partial charge in [-0.25, -0.2) is 0 Å². The van der Waals surface area contributed by atoms with Crippen LogP contribution in [0.3, 0.4) is 0 Å². The van der Waals surface area contributed by atoms with Gasteiger partial charge in [0.1, 0.15) is 0 Å². The zero-order valence-corrected chi connectivity index (χ0v) is 15.0. The van der Waals surface area contributed by atoms with E-state index in [1.165, 1.54) is 28.8 Å². The Morgan fingerprint density at radius 3 is 2.43 bits per heavy atom. The molecule has 0 saturated carbocycles. The minimum atomic E-state index is 0.410. The van der Waals surface area contributed by atoms with Crippen molar-refractivity contribution in [3.8, 4) is 0 Å². The van der Waals surface area contributed by atoms with Gasteiger partial charge in [0.05, 0.1) is 0 Å². The molecule has 0 aliphatic rings. The lowest BCUT2D eigenvalue weighted by Gasteiger charge is -2.30. The standard InChI is InChI=1S/C21H30N2/c1-5-14-23(16-19-10-8-7-9-11-19)18(4)20-13-12-17(3)21(15-20)22-6-2/h7-13,15,18,22H,5-6,14,16H2,1-4H3. The molecule has 0 bridgehead atoms. The second-order valence-corrected chi connectivity index (χ2v) is 6.24. The van der Waals surface area contributed by atoms with Crippen molar-refractivity contribution in [1.82, 2.24) is 4.90 Å². The van der Waals surface area contributed by atoms with Crippen molar-refractivity contribution in [1.29, 1.82) is 0 Å². The third-order valence-corrected chi connectivity index (χ3v) is 4.40. The zero-order valence-electron chi connectivity index (χ0n) is 15.0. The summed E-state index contributed by atoms with van der Waals surface area (Å²) in [6, 6.07) is 18.0. The summed E-state index contributed by atoms with van der Waals surface area (Å²) < 4.78 is 0. The first-order valence-electron chi connectivity index (χ1n) is 8.78. The zero-order chi connectivity index (χ0) is 16.7. The monoisotopic (exact) mass is 310 g/mol. The van der Waals surface area contributed by atoms with Crippen LogP contribution in [-0.2, 0) is 6.54 Å². The summed E-state index contributed by atoms with van der Waals surface area (Å²) in [7, 11) is 0. The first-order valence-corrected chi connectivity index (χ1v) is 8.78. The van der Waals surface area contributed by atoms with E-state index in [1.807, 2.05) is 0 Å². The smallest absolute Gasteiger partial charge is 0.0373 e. The van der Waals surface area contributed by atoms with Gasteiger partial charge in [0, 0.05) is 24.8 Å². The summed E-state index contributed by atoms with van der Waals surface area (Å²) in [5.41, 5.74) is 5.34. The summed E-state index contributed by atoms with van der Waals surface area (Å²) in [5, 5.41) is 3.47. The summed E-state index contributed by atoms with van der Waals surface area (Å²) in [5.74, 6) is 0. The Morgan fingerprint density at radius 1 is 1.04 bits per heavy atom. The number of hydrogen-bond acceptors (Lipinski definition) is 2. The van der Waals surface area contributed by atoms with Gasteiger partial charge in [-0.15, -0.1) is 0 Å². The molecule has 1 atom stereocenters. The number of anilines is 1. The van der Waals surface area contributed by atoms with E-state index in [4.69, 9.17) is 0 Å². The van der Waals surface area contributed by atoms with Crippen LogP contribution in [0.2, 0.25) is 0 Å². The molecule has 0 aromatic heterocycles. The Bertz CT molecular complexity index is 592. The SMILES string of the molecule is CCCN(Cc1ccccc1)C(C)c1ccc(C)c(NCC)c1. The fraction of sp³-hybridized carbons (Fsp3) is 0.429. The van der Waals surface area contributed by atoms with Crippen LogP contribution >= 0.6 is 0 Å². The minimum absolute atomic E-state index is 0.410. The molecular formula is C21H30N2. The van der Waals surface area contributed by atoms with Gasteiger partial charge in [-0.2, -0.15) is 0 Å². The topological polar surface area (TPSA) is 15.3 Å². The van der Waals surface area contributed by atoms with E-state index >= 15 is 0 Å². The number of nitrogens with zero attached hydrogens (tertiary/aromatic N) is 1. The molecule has 0 saturated heterocycles. The van der Waals surface area contributed by atoms with Crippen molar-refractivity contribution in [2.45, 2.75) is 46.7 Å². The lowest BCUT2D eigenvalue weighted by atomic mass is 10.0. The molecule has 0 heterocycles. The normalized spacial score (nSPS) is 12.4. The third kappa shape index (κ3) is 4.84.